The van der Waals surface area contributed by atoms with Crippen molar-refractivity contribution in [3.63, 3.8) is 0 Å². The fourth-order valence-electron chi connectivity index (χ4n) is 3.24. The topological polar surface area (TPSA) is 129 Å². The molecule has 0 aliphatic heterocycles. The third-order valence-corrected chi connectivity index (χ3v) is 5.94. The summed E-state index contributed by atoms with van der Waals surface area (Å²) in [5, 5.41) is 11.5. The summed E-state index contributed by atoms with van der Waals surface area (Å²) in [6.07, 6.45) is 1.37. The molecule has 0 unspecified atom stereocenters. The maximum absolute atomic E-state index is 14.9. The standard InChI is InChI=1S/C22H22FN3O7S/c1-22(2,3)33-21(28)24(4)18-10-13-8-9-25(20(27)15(13)12-16(18)23)14-6-7-17(26(29)30)19(11-14)34(5,31)32/h6-12H,1-5H3. The molecule has 3 aromatic rings. The van der Waals surface area contributed by atoms with Gasteiger partial charge in [0.25, 0.3) is 11.2 Å². The van der Waals surface area contributed by atoms with Crippen LogP contribution in [0.25, 0.3) is 16.5 Å². The van der Waals surface area contributed by atoms with Gasteiger partial charge in [-0.25, -0.2) is 17.6 Å². The van der Waals surface area contributed by atoms with E-state index in [2.05, 4.69) is 0 Å². The molecule has 3 rings (SSSR count). The Balaban J connectivity index is 2.13. The zero-order chi connectivity index (χ0) is 25.6. The molecule has 1 aromatic heterocycles. The van der Waals surface area contributed by atoms with Gasteiger partial charge in [-0.1, -0.05) is 0 Å². The van der Waals surface area contributed by atoms with Gasteiger partial charge in [0.05, 0.1) is 21.7 Å². The van der Waals surface area contributed by atoms with Crippen LogP contribution in [0.2, 0.25) is 0 Å². The minimum atomic E-state index is -3.97. The number of sulfone groups is 1. The molecule has 2 aromatic carbocycles. The van der Waals surface area contributed by atoms with Gasteiger partial charge in [-0.15, -0.1) is 0 Å². The highest BCUT2D eigenvalue weighted by atomic mass is 32.2. The number of nitrogens with zero attached hydrogens (tertiary/aromatic N) is 3. The van der Waals surface area contributed by atoms with Gasteiger partial charge in [-0.3, -0.25) is 24.4 Å². The number of hydrogen-bond donors (Lipinski definition) is 0. The number of aromatic nitrogens is 1. The van der Waals surface area contributed by atoms with Gasteiger partial charge >= 0.3 is 6.09 Å². The average Bonchev–Trinajstić information content (AvgIpc) is 2.71. The van der Waals surface area contributed by atoms with E-state index in [9.17, 15) is 32.5 Å². The van der Waals surface area contributed by atoms with Crippen LogP contribution in [-0.4, -0.2) is 42.9 Å². The molecule has 180 valence electrons. The number of rotatable bonds is 4. The number of halogens is 1. The number of carbonyl (C=O) groups excluding carboxylic acids is 1. The van der Waals surface area contributed by atoms with E-state index in [-0.39, 0.29) is 16.8 Å². The lowest BCUT2D eigenvalue weighted by molar-refractivity contribution is -0.387. The minimum Gasteiger partial charge on any atom is -0.443 e. The second-order valence-corrected chi connectivity index (χ2v) is 10.6. The molecule has 0 spiro atoms. The molecule has 0 saturated carbocycles. The Labute approximate surface area is 194 Å². The number of nitro benzene ring substituents is 1. The van der Waals surface area contributed by atoms with Crippen molar-refractivity contribution >= 4 is 38.1 Å². The molecular weight excluding hydrogens is 469 g/mol. The monoisotopic (exact) mass is 491 g/mol. The Kier molecular flexibility index (Phi) is 6.22. The lowest BCUT2D eigenvalue weighted by Gasteiger charge is -2.25. The summed E-state index contributed by atoms with van der Waals surface area (Å²) in [5.41, 5.74) is -2.15. The first kappa shape index (κ1) is 24.8. The van der Waals surface area contributed by atoms with Crippen molar-refractivity contribution in [2.75, 3.05) is 18.2 Å². The van der Waals surface area contributed by atoms with Crippen LogP contribution >= 0.6 is 0 Å². The molecule has 0 atom stereocenters. The first-order valence-electron chi connectivity index (χ1n) is 9.90. The zero-order valence-corrected chi connectivity index (χ0v) is 19.8. The maximum Gasteiger partial charge on any atom is 0.414 e. The van der Waals surface area contributed by atoms with E-state index in [4.69, 9.17) is 4.74 Å². The van der Waals surface area contributed by atoms with Gasteiger partial charge in [0.15, 0.2) is 9.84 Å². The third-order valence-electron chi connectivity index (χ3n) is 4.82. The van der Waals surface area contributed by atoms with Crippen molar-refractivity contribution in [1.29, 1.82) is 0 Å². The number of nitro groups is 1. The minimum absolute atomic E-state index is 0.0411. The first-order valence-corrected chi connectivity index (χ1v) is 11.8. The van der Waals surface area contributed by atoms with E-state index in [0.29, 0.717) is 5.39 Å². The Bertz CT molecular complexity index is 1490. The van der Waals surface area contributed by atoms with Crippen molar-refractivity contribution in [2.24, 2.45) is 0 Å². The average molecular weight is 491 g/mol. The molecule has 34 heavy (non-hydrogen) atoms. The van der Waals surface area contributed by atoms with E-state index in [1.807, 2.05) is 0 Å². The highest BCUT2D eigenvalue weighted by Crippen LogP contribution is 2.28. The SMILES string of the molecule is CN(C(=O)OC(C)(C)C)c1cc2ccn(-c3ccc([N+](=O)[O-])c(S(C)(=O)=O)c3)c(=O)c2cc1F. The van der Waals surface area contributed by atoms with Crippen LogP contribution in [0.15, 0.2) is 52.3 Å². The van der Waals surface area contributed by atoms with Crippen LogP contribution in [0.1, 0.15) is 20.8 Å². The van der Waals surface area contributed by atoms with Crippen LogP contribution < -0.4 is 10.5 Å². The highest BCUT2D eigenvalue weighted by Gasteiger charge is 2.25. The molecule has 1 amide bonds. The zero-order valence-electron chi connectivity index (χ0n) is 19.0. The summed E-state index contributed by atoms with van der Waals surface area (Å²) in [5.74, 6) is -0.851. The normalized spacial score (nSPS) is 11.9. The smallest absolute Gasteiger partial charge is 0.414 e. The fourth-order valence-corrected chi connectivity index (χ4v) is 4.10. The number of carbonyl (C=O) groups is 1. The second kappa shape index (κ2) is 8.52. The molecule has 10 nitrogen and oxygen atoms in total. The summed E-state index contributed by atoms with van der Waals surface area (Å²) in [4.78, 5) is 36.2. The predicted octanol–water partition coefficient (Wildman–Crippen LogP) is 3.81. The van der Waals surface area contributed by atoms with Crippen LogP contribution in [0.3, 0.4) is 0 Å². The number of anilines is 1. The number of fused-ring (bicyclic) bond motifs is 1. The number of amides is 1. The molecule has 0 aliphatic rings. The summed E-state index contributed by atoms with van der Waals surface area (Å²) in [7, 11) is -2.64. The van der Waals surface area contributed by atoms with Gasteiger partial charge in [0.2, 0.25) is 0 Å². The first-order chi connectivity index (χ1) is 15.6. The Morgan fingerprint density at radius 3 is 2.38 bits per heavy atom. The van der Waals surface area contributed by atoms with Gasteiger partial charge in [-0.05, 0) is 56.5 Å². The molecule has 0 N–H and O–H groups in total. The Hall–Kier alpha value is -3.80. The summed E-state index contributed by atoms with van der Waals surface area (Å²) < 4.78 is 45.3. The molecular formula is C22H22FN3O7S. The van der Waals surface area contributed by atoms with Gasteiger partial charge < -0.3 is 4.74 Å². The number of benzene rings is 2. The molecule has 0 radical (unpaired) electrons. The van der Waals surface area contributed by atoms with Crippen molar-refractivity contribution in [3.8, 4) is 5.69 Å². The van der Waals surface area contributed by atoms with Crippen LogP contribution in [0, 0.1) is 15.9 Å². The molecule has 0 aliphatic carbocycles. The van der Waals surface area contributed by atoms with E-state index >= 15 is 0 Å². The van der Waals surface area contributed by atoms with E-state index in [0.717, 1.165) is 33.9 Å². The molecule has 0 saturated heterocycles. The van der Waals surface area contributed by atoms with Crippen molar-refractivity contribution in [2.45, 2.75) is 31.3 Å². The summed E-state index contributed by atoms with van der Waals surface area (Å²) in [6, 6.07) is 6.99. The molecule has 0 fully saturated rings. The Morgan fingerprint density at radius 2 is 1.82 bits per heavy atom. The fraction of sp³-hybridized carbons (Fsp3) is 0.273. The predicted molar refractivity (Wildman–Crippen MR) is 124 cm³/mol. The largest absolute Gasteiger partial charge is 0.443 e. The number of pyridine rings is 1. The summed E-state index contributed by atoms with van der Waals surface area (Å²) >= 11 is 0. The quantitative estimate of drug-likeness (QED) is 0.401. The lowest BCUT2D eigenvalue weighted by Crippen LogP contribution is -2.34. The van der Waals surface area contributed by atoms with Crippen molar-refractivity contribution in [3.05, 3.63) is 68.9 Å². The van der Waals surface area contributed by atoms with E-state index in [1.165, 1.54) is 31.4 Å². The second-order valence-electron chi connectivity index (χ2n) is 8.60. The van der Waals surface area contributed by atoms with E-state index < -0.39 is 48.4 Å². The molecule has 1 heterocycles. The maximum atomic E-state index is 14.9. The van der Waals surface area contributed by atoms with E-state index in [1.54, 1.807) is 20.8 Å². The van der Waals surface area contributed by atoms with Crippen LogP contribution in [0.5, 0.6) is 0 Å². The van der Waals surface area contributed by atoms with Crippen molar-refractivity contribution in [1.82, 2.24) is 4.57 Å². The molecule has 12 heteroatoms. The number of hydrogen-bond acceptors (Lipinski definition) is 7. The summed E-state index contributed by atoms with van der Waals surface area (Å²) in [6.45, 7) is 5.02. The van der Waals surface area contributed by atoms with Gasteiger partial charge in [-0.2, -0.15) is 0 Å². The third kappa shape index (κ3) is 4.91. The highest BCUT2D eigenvalue weighted by molar-refractivity contribution is 7.90. The van der Waals surface area contributed by atoms with Gasteiger partial charge in [0.1, 0.15) is 16.3 Å². The van der Waals surface area contributed by atoms with Crippen molar-refractivity contribution < 1.29 is 27.3 Å². The van der Waals surface area contributed by atoms with Crippen LogP contribution in [-0.2, 0) is 14.6 Å². The van der Waals surface area contributed by atoms with Crippen LogP contribution in [0.4, 0.5) is 20.6 Å². The van der Waals surface area contributed by atoms with Gasteiger partial charge in [0, 0.05) is 25.6 Å². The number of ether oxygens (including phenoxy) is 1. The Morgan fingerprint density at radius 1 is 1.18 bits per heavy atom. The molecule has 0 bridgehead atoms. The lowest BCUT2D eigenvalue weighted by atomic mass is 10.1.